The number of nitrogens with two attached hydrogens (primary N) is 1. The first-order chi connectivity index (χ1) is 18.1. The minimum absolute atomic E-state index is 0.160. The molecule has 1 unspecified atom stereocenters. The summed E-state index contributed by atoms with van der Waals surface area (Å²) in [6.07, 6.45) is 7.96. The Kier molecular flexibility index (Phi) is 7.96. The third-order valence-corrected chi connectivity index (χ3v) is 8.18. The molecule has 2 aromatic heterocycles. The highest BCUT2D eigenvalue weighted by atomic mass is 32.1. The number of nitrogen functional groups attached to an aromatic ring is 1. The molecule has 1 fully saturated rings. The average molecular weight is 516 g/mol. The monoisotopic (exact) mass is 515 g/mol. The van der Waals surface area contributed by atoms with E-state index in [4.69, 9.17) is 5.73 Å². The van der Waals surface area contributed by atoms with E-state index in [0.717, 1.165) is 44.1 Å². The van der Waals surface area contributed by atoms with Gasteiger partial charge in [-0.15, -0.1) is 11.3 Å². The van der Waals surface area contributed by atoms with Crippen LogP contribution in [0.4, 0.5) is 5.82 Å². The number of carbonyl (C=O) groups excluding carboxylic acids is 2. The van der Waals surface area contributed by atoms with Gasteiger partial charge >= 0.3 is 0 Å². The highest BCUT2D eigenvalue weighted by Crippen LogP contribution is 2.28. The van der Waals surface area contributed by atoms with Crippen molar-refractivity contribution in [1.82, 2.24) is 20.9 Å². The largest absolute Gasteiger partial charge is 0.383 e. The van der Waals surface area contributed by atoms with Gasteiger partial charge in [-0.25, -0.2) is 4.98 Å². The number of fused-ring (bicyclic) bond motifs is 2. The van der Waals surface area contributed by atoms with Crippen LogP contribution in [0, 0.1) is 0 Å². The smallest absolute Gasteiger partial charge is 0.243 e. The summed E-state index contributed by atoms with van der Waals surface area (Å²) in [4.78, 5) is 31.4. The maximum atomic E-state index is 13.4. The number of pyridine rings is 1. The fourth-order valence-electron chi connectivity index (χ4n) is 5.11. The van der Waals surface area contributed by atoms with Gasteiger partial charge in [-0.05, 0) is 41.3 Å². The van der Waals surface area contributed by atoms with Crippen molar-refractivity contribution in [2.24, 2.45) is 0 Å². The highest BCUT2D eigenvalue weighted by Gasteiger charge is 2.23. The Morgan fingerprint density at radius 2 is 1.84 bits per heavy atom. The van der Waals surface area contributed by atoms with Crippen molar-refractivity contribution in [2.45, 2.75) is 57.2 Å². The molecule has 192 valence electrons. The molecule has 0 spiro atoms. The Morgan fingerprint density at radius 1 is 1.03 bits per heavy atom. The van der Waals surface area contributed by atoms with E-state index in [1.54, 1.807) is 17.5 Å². The molecule has 2 amide bonds. The molecule has 7 nitrogen and oxygen atoms in total. The van der Waals surface area contributed by atoms with Crippen molar-refractivity contribution in [3.05, 3.63) is 71.2 Å². The Balaban J connectivity index is 1.29. The van der Waals surface area contributed by atoms with Crippen LogP contribution in [0.3, 0.4) is 0 Å². The van der Waals surface area contributed by atoms with Crippen molar-refractivity contribution >= 4 is 49.8 Å². The molecule has 1 aliphatic carbocycles. The average Bonchev–Trinajstić information content (AvgIpc) is 3.35. The summed E-state index contributed by atoms with van der Waals surface area (Å²) >= 11 is 1.58. The maximum absolute atomic E-state index is 13.4. The second kappa shape index (κ2) is 11.7. The number of anilines is 1. The zero-order valence-electron chi connectivity index (χ0n) is 20.8. The van der Waals surface area contributed by atoms with Gasteiger partial charge in [-0.1, -0.05) is 61.7 Å². The van der Waals surface area contributed by atoms with Gasteiger partial charge < -0.3 is 21.7 Å². The lowest BCUT2D eigenvalue weighted by Gasteiger charge is -2.24. The van der Waals surface area contributed by atoms with E-state index in [1.165, 1.54) is 19.3 Å². The minimum Gasteiger partial charge on any atom is -0.383 e. The van der Waals surface area contributed by atoms with E-state index in [1.807, 2.05) is 36.4 Å². The number of rotatable bonds is 9. The van der Waals surface area contributed by atoms with Gasteiger partial charge in [-0.2, -0.15) is 0 Å². The van der Waals surface area contributed by atoms with Crippen LogP contribution in [0.1, 0.15) is 42.5 Å². The lowest BCUT2D eigenvalue weighted by molar-refractivity contribution is -0.128. The molecule has 1 aliphatic rings. The van der Waals surface area contributed by atoms with Crippen molar-refractivity contribution in [2.75, 3.05) is 12.3 Å². The van der Waals surface area contributed by atoms with Crippen LogP contribution in [0.15, 0.2) is 60.8 Å². The molecule has 37 heavy (non-hydrogen) atoms. The van der Waals surface area contributed by atoms with Crippen LogP contribution in [0.5, 0.6) is 0 Å². The fourth-order valence-corrected chi connectivity index (χ4v) is 6.12. The maximum Gasteiger partial charge on any atom is 0.243 e. The lowest BCUT2D eigenvalue weighted by atomic mass is 9.95. The predicted molar refractivity (Wildman–Crippen MR) is 150 cm³/mol. The number of nitrogens with one attached hydrogen (secondary N) is 3. The van der Waals surface area contributed by atoms with E-state index in [-0.39, 0.29) is 18.4 Å². The fraction of sp³-hybridized carbons (Fsp3) is 0.345. The van der Waals surface area contributed by atoms with Crippen molar-refractivity contribution in [3.63, 3.8) is 0 Å². The van der Waals surface area contributed by atoms with Crippen molar-refractivity contribution in [3.8, 4) is 0 Å². The summed E-state index contributed by atoms with van der Waals surface area (Å²) in [6, 6.07) is 17.8. The summed E-state index contributed by atoms with van der Waals surface area (Å²) < 4.78 is 1.03. The van der Waals surface area contributed by atoms with E-state index in [9.17, 15) is 9.59 Å². The van der Waals surface area contributed by atoms with Gasteiger partial charge in [0.2, 0.25) is 11.8 Å². The zero-order chi connectivity index (χ0) is 25.6. The number of benzene rings is 2. The van der Waals surface area contributed by atoms with Gasteiger partial charge in [0.1, 0.15) is 11.9 Å². The Labute approximate surface area is 220 Å². The molecular formula is C29H33N5O2S. The molecule has 2 aromatic carbocycles. The van der Waals surface area contributed by atoms with Crippen LogP contribution in [-0.2, 0) is 22.6 Å². The molecule has 0 bridgehead atoms. The molecule has 5 rings (SSSR count). The van der Waals surface area contributed by atoms with Crippen LogP contribution in [0.2, 0.25) is 0 Å². The second-order valence-corrected chi connectivity index (χ2v) is 10.9. The van der Waals surface area contributed by atoms with E-state index in [2.05, 4.69) is 39.1 Å². The topological polar surface area (TPSA) is 109 Å². The van der Waals surface area contributed by atoms with Crippen LogP contribution >= 0.6 is 11.3 Å². The van der Waals surface area contributed by atoms with Gasteiger partial charge in [0.25, 0.3) is 0 Å². The quantitative estimate of drug-likeness (QED) is 0.266. The van der Waals surface area contributed by atoms with Crippen LogP contribution in [0.25, 0.3) is 20.9 Å². The first-order valence-electron chi connectivity index (χ1n) is 13.0. The third-order valence-electron chi connectivity index (χ3n) is 7.08. The molecule has 4 aromatic rings. The van der Waals surface area contributed by atoms with Crippen molar-refractivity contribution < 1.29 is 9.59 Å². The van der Waals surface area contributed by atoms with E-state index < -0.39 is 6.04 Å². The van der Waals surface area contributed by atoms with E-state index in [0.29, 0.717) is 24.8 Å². The Morgan fingerprint density at radius 3 is 2.68 bits per heavy atom. The number of nitrogens with zero attached hydrogens (tertiary/aromatic N) is 1. The number of hydrogen-bond acceptors (Lipinski definition) is 6. The van der Waals surface area contributed by atoms with Gasteiger partial charge in [0.05, 0.1) is 13.1 Å². The first kappa shape index (κ1) is 25.2. The minimum atomic E-state index is -0.687. The number of aromatic nitrogens is 1. The summed E-state index contributed by atoms with van der Waals surface area (Å²) in [7, 11) is 0. The SMILES string of the molecule is Nc1nccc2sc(CNC(=O)C(Cc3cccc4ccccc34)NC(=O)CNC3CCCCC3)cc12. The molecule has 1 saturated carbocycles. The zero-order valence-corrected chi connectivity index (χ0v) is 21.7. The number of thiophene rings is 1. The van der Waals surface area contributed by atoms with Gasteiger partial charge in [0, 0.05) is 33.6 Å². The number of carbonyl (C=O) groups is 2. The highest BCUT2D eigenvalue weighted by molar-refractivity contribution is 7.19. The summed E-state index contributed by atoms with van der Waals surface area (Å²) in [6.45, 7) is 0.576. The molecule has 0 saturated heterocycles. The molecular weight excluding hydrogens is 482 g/mol. The summed E-state index contributed by atoms with van der Waals surface area (Å²) in [5.41, 5.74) is 7.02. The molecule has 0 aliphatic heterocycles. The molecule has 2 heterocycles. The standard InChI is InChI=1S/C29H33N5O2S/c30-28-24-16-22(37-26(24)13-14-31-28)17-33-29(36)25(34-27(35)18-32-21-10-2-1-3-11-21)15-20-9-6-8-19-7-4-5-12-23(19)20/h4-9,12-14,16,21,25,32H,1-3,10-11,15,17-18H2,(H2,30,31)(H,33,36)(H,34,35). The molecule has 5 N–H and O–H groups in total. The molecule has 0 radical (unpaired) electrons. The first-order valence-corrected chi connectivity index (χ1v) is 13.8. The normalized spacial score (nSPS) is 15.0. The number of amides is 2. The second-order valence-electron chi connectivity index (χ2n) is 9.72. The van der Waals surface area contributed by atoms with E-state index >= 15 is 0 Å². The van der Waals surface area contributed by atoms with Crippen LogP contribution < -0.4 is 21.7 Å². The predicted octanol–water partition coefficient (Wildman–Crippen LogP) is 4.30. The van der Waals surface area contributed by atoms with Crippen LogP contribution in [-0.4, -0.2) is 35.4 Å². The molecule has 1 atom stereocenters. The van der Waals surface area contributed by atoms with Crippen molar-refractivity contribution in [1.29, 1.82) is 0 Å². The lowest BCUT2D eigenvalue weighted by Crippen LogP contribution is -2.50. The summed E-state index contributed by atoms with van der Waals surface area (Å²) in [5.74, 6) is 0.118. The Bertz CT molecular complexity index is 1390. The van der Waals surface area contributed by atoms with Gasteiger partial charge in [-0.3, -0.25) is 9.59 Å². The third kappa shape index (κ3) is 6.26. The molecule has 8 heteroatoms. The summed E-state index contributed by atoms with van der Waals surface area (Å²) in [5, 5.41) is 12.5. The number of hydrogen-bond donors (Lipinski definition) is 4. The Hall–Kier alpha value is -3.49. The van der Waals surface area contributed by atoms with Gasteiger partial charge in [0.15, 0.2) is 0 Å².